The van der Waals surface area contributed by atoms with Gasteiger partial charge in [0.1, 0.15) is 5.75 Å². The quantitative estimate of drug-likeness (QED) is 0.399. The molecule has 2 aromatic rings. The minimum absolute atomic E-state index is 0.0377. The summed E-state index contributed by atoms with van der Waals surface area (Å²) in [5, 5.41) is 1.04. The lowest BCUT2D eigenvalue weighted by molar-refractivity contribution is -0.139. The Kier molecular flexibility index (Phi) is 6.97. The van der Waals surface area contributed by atoms with Gasteiger partial charge in [0.25, 0.3) is 0 Å². The molecule has 0 N–H and O–H groups in total. The van der Waals surface area contributed by atoms with Crippen LogP contribution < -0.4 is 4.74 Å². The molecule has 2 rings (SSSR count). The molecule has 0 aromatic heterocycles. The van der Waals surface area contributed by atoms with Gasteiger partial charge in [0.05, 0.1) is 17.9 Å². The van der Waals surface area contributed by atoms with Crippen LogP contribution >= 0.6 is 35.0 Å². The third-order valence-corrected chi connectivity index (χ3v) is 4.72. The van der Waals surface area contributed by atoms with Crippen LogP contribution in [0.4, 0.5) is 0 Å². The van der Waals surface area contributed by atoms with E-state index in [0.29, 0.717) is 26.3 Å². The van der Waals surface area contributed by atoms with Crippen LogP contribution in [0.1, 0.15) is 10.4 Å². The third-order valence-electron chi connectivity index (χ3n) is 3.02. The maximum absolute atomic E-state index is 12.0. The van der Waals surface area contributed by atoms with E-state index in [1.165, 1.54) is 11.8 Å². The molecule has 126 valence electrons. The molecule has 0 aliphatic rings. The molecular weight excluding hydrogens is 371 g/mol. The highest BCUT2D eigenvalue weighted by Crippen LogP contribution is 2.29. The van der Waals surface area contributed by atoms with Crippen LogP contribution in [0.5, 0.6) is 5.75 Å². The second-order valence-corrected chi connectivity index (χ2v) is 6.54. The fraction of sp³-hybridized carbons (Fsp3) is 0.176. The largest absolute Gasteiger partial charge is 0.497 e. The van der Waals surface area contributed by atoms with Crippen molar-refractivity contribution in [3.63, 3.8) is 0 Å². The van der Waals surface area contributed by atoms with E-state index in [1.807, 2.05) is 0 Å². The van der Waals surface area contributed by atoms with Crippen LogP contribution in [0.15, 0.2) is 47.4 Å². The number of benzene rings is 2. The lowest BCUT2D eigenvalue weighted by Gasteiger charge is -2.06. The smallest absolute Gasteiger partial charge is 0.316 e. The molecule has 24 heavy (non-hydrogen) atoms. The zero-order valence-electron chi connectivity index (χ0n) is 12.8. The first-order chi connectivity index (χ1) is 11.5. The normalized spacial score (nSPS) is 10.3. The minimum Gasteiger partial charge on any atom is -0.497 e. The van der Waals surface area contributed by atoms with Gasteiger partial charge in [-0.25, -0.2) is 0 Å². The molecule has 7 heteroatoms. The number of Topliss-reactive ketones (excluding diaryl/α,β-unsaturated/α-hetero) is 1. The van der Waals surface area contributed by atoms with Gasteiger partial charge in [0.2, 0.25) is 0 Å². The number of rotatable bonds is 7. The monoisotopic (exact) mass is 384 g/mol. The number of hydrogen-bond donors (Lipinski definition) is 0. The number of halogens is 2. The summed E-state index contributed by atoms with van der Waals surface area (Å²) in [6.07, 6.45) is 0. The molecule has 0 aliphatic carbocycles. The van der Waals surface area contributed by atoms with Gasteiger partial charge in [-0.05, 0) is 42.5 Å². The van der Waals surface area contributed by atoms with Crippen LogP contribution in [0.25, 0.3) is 0 Å². The van der Waals surface area contributed by atoms with Crippen LogP contribution in [0.3, 0.4) is 0 Å². The lowest BCUT2D eigenvalue weighted by Crippen LogP contribution is -2.15. The molecule has 0 aliphatic heterocycles. The first kappa shape index (κ1) is 18.6. The van der Waals surface area contributed by atoms with Crippen molar-refractivity contribution < 1.29 is 19.1 Å². The molecule has 0 heterocycles. The Bertz CT molecular complexity index is 732. The molecule has 0 spiro atoms. The van der Waals surface area contributed by atoms with E-state index in [1.54, 1.807) is 49.6 Å². The molecule has 2 aromatic carbocycles. The maximum atomic E-state index is 12.0. The number of thioether (sulfide) groups is 1. The zero-order chi connectivity index (χ0) is 17.5. The summed E-state index contributed by atoms with van der Waals surface area (Å²) in [7, 11) is 1.54. The van der Waals surface area contributed by atoms with Gasteiger partial charge in [-0.1, -0.05) is 23.2 Å². The number of esters is 1. The Morgan fingerprint density at radius 2 is 1.79 bits per heavy atom. The molecule has 4 nitrogen and oxygen atoms in total. The van der Waals surface area contributed by atoms with E-state index in [0.717, 1.165) is 0 Å². The Morgan fingerprint density at radius 1 is 1.08 bits per heavy atom. The number of methoxy groups -OCH3 is 1. The van der Waals surface area contributed by atoms with Gasteiger partial charge in [0.15, 0.2) is 12.4 Å². The summed E-state index contributed by atoms with van der Waals surface area (Å²) in [4.78, 5) is 24.4. The molecule has 0 fully saturated rings. The van der Waals surface area contributed by atoms with Crippen molar-refractivity contribution in [3.8, 4) is 5.75 Å². The topological polar surface area (TPSA) is 52.6 Å². The SMILES string of the molecule is COc1ccc(C(=O)COC(=O)CSc2cc(Cl)ccc2Cl)cc1. The van der Waals surface area contributed by atoms with Crippen LogP contribution in [0.2, 0.25) is 10.0 Å². The average molecular weight is 385 g/mol. The van der Waals surface area contributed by atoms with Crippen molar-refractivity contribution in [3.05, 3.63) is 58.1 Å². The standard InChI is InChI=1S/C17H14Cl2O4S/c1-22-13-5-2-11(3-6-13)15(20)9-23-17(21)10-24-16-8-12(18)4-7-14(16)19/h2-8H,9-10H2,1H3. The highest BCUT2D eigenvalue weighted by atomic mass is 35.5. The van der Waals surface area contributed by atoms with Crippen molar-refractivity contribution in [2.24, 2.45) is 0 Å². The van der Waals surface area contributed by atoms with E-state index >= 15 is 0 Å². The highest BCUT2D eigenvalue weighted by molar-refractivity contribution is 8.00. The molecular formula is C17H14Cl2O4S. The fourth-order valence-electron chi connectivity index (χ4n) is 1.77. The second kappa shape index (κ2) is 8.97. The van der Waals surface area contributed by atoms with Crippen LogP contribution in [0, 0.1) is 0 Å². The van der Waals surface area contributed by atoms with Crippen molar-refractivity contribution in [2.75, 3.05) is 19.5 Å². The third kappa shape index (κ3) is 5.44. The lowest BCUT2D eigenvalue weighted by atomic mass is 10.1. The van der Waals surface area contributed by atoms with Crippen LogP contribution in [-0.4, -0.2) is 31.2 Å². The summed E-state index contributed by atoms with van der Waals surface area (Å²) < 4.78 is 10.0. The zero-order valence-corrected chi connectivity index (χ0v) is 15.1. The minimum atomic E-state index is -0.502. The van der Waals surface area contributed by atoms with E-state index in [-0.39, 0.29) is 18.1 Å². The first-order valence-corrected chi connectivity index (χ1v) is 8.64. The Labute approximate surface area is 154 Å². The van der Waals surface area contributed by atoms with Gasteiger partial charge in [-0.15, -0.1) is 11.8 Å². The van der Waals surface area contributed by atoms with E-state index in [9.17, 15) is 9.59 Å². The van der Waals surface area contributed by atoms with Crippen molar-refractivity contribution in [2.45, 2.75) is 4.90 Å². The molecule has 0 atom stereocenters. The van der Waals surface area contributed by atoms with E-state index in [2.05, 4.69) is 0 Å². The number of hydrogen-bond acceptors (Lipinski definition) is 5. The second-order valence-electron chi connectivity index (χ2n) is 4.68. The molecule has 0 saturated heterocycles. The fourth-order valence-corrected chi connectivity index (χ4v) is 3.06. The molecule has 0 radical (unpaired) electrons. The van der Waals surface area contributed by atoms with Gasteiger partial charge in [-0.2, -0.15) is 0 Å². The maximum Gasteiger partial charge on any atom is 0.316 e. The summed E-state index contributed by atoms with van der Waals surface area (Å²) in [6, 6.07) is 11.6. The molecule has 0 unspecified atom stereocenters. The molecule has 0 amide bonds. The number of ether oxygens (including phenoxy) is 2. The average Bonchev–Trinajstić information content (AvgIpc) is 2.60. The molecule has 0 saturated carbocycles. The van der Waals surface area contributed by atoms with Gasteiger partial charge in [-0.3, -0.25) is 9.59 Å². The van der Waals surface area contributed by atoms with Crippen molar-refractivity contribution >= 4 is 46.7 Å². The number of carbonyl (C=O) groups excluding carboxylic acids is 2. The van der Waals surface area contributed by atoms with Gasteiger partial charge >= 0.3 is 5.97 Å². The summed E-state index contributed by atoms with van der Waals surface area (Å²) in [5.74, 6) is -0.0938. The Balaban J connectivity index is 1.82. The van der Waals surface area contributed by atoms with Gasteiger partial charge in [0, 0.05) is 15.5 Å². The Hall–Kier alpha value is -1.69. The van der Waals surface area contributed by atoms with Crippen LogP contribution in [-0.2, 0) is 9.53 Å². The highest BCUT2D eigenvalue weighted by Gasteiger charge is 2.12. The van der Waals surface area contributed by atoms with Crippen molar-refractivity contribution in [1.82, 2.24) is 0 Å². The summed E-state index contributed by atoms with van der Waals surface area (Å²) in [6.45, 7) is -0.311. The predicted octanol–water partition coefficient (Wildman–Crippen LogP) is 4.52. The van der Waals surface area contributed by atoms with E-state index in [4.69, 9.17) is 32.7 Å². The van der Waals surface area contributed by atoms with Crippen molar-refractivity contribution in [1.29, 1.82) is 0 Å². The van der Waals surface area contributed by atoms with Gasteiger partial charge < -0.3 is 9.47 Å². The predicted molar refractivity (Wildman–Crippen MR) is 95.5 cm³/mol. The molecule has 0 bridgehead atoms. The first-order valence-electron chi connectivity index (χ1n) is 6.90. The number of ketones is 1. The van der Waals surface area contributed by atoms with E-state index < -0.39 is 5.97 Å². The Morgan fingerprint density at radius 3 is 2.46 bits per heavy atom. The summed E-state index contributed by atoms with van der Waals surface area (Å²) in [5.41, 5.74) is 0.453. The summed E-state index contributed by atoms with van der Waals surface area (Å²) >= 11 is 13.1. The number of carbonyl (C=O) groups is 2.